The van der Waals surface area contributed by atoms with E-state index in [1.807, 2.05) is 30.3 Å². The first-order valence-corrected chi connectivity index (χ1v) is 14.5. The molecule has 0 spiro atoms. The smallest absolute Gasteiger partial charge is 0.359 e. The molecule has 2 aromatic rings. The lowest BCUT2D eigenvalue weighted by atomic mass is 9.84. The average molecular weight is 535 g/mol. The molecule has 1 aromatic carbocycles. The minimum absolute atomic E-state index is 0.154. The lowest BCUT2D eigenvalue weighted by molar-refractivity contribution is -0.131. The molecule has 0 bridgehead atoms. The monoisotopic (exact) mass is 534 g/mol. The van der Waals surface area contributed by atoms with Crippen molar-refractivity contribution >= 4 is 19.4 Å². The van der Waals surface area contributed by atoms with E-state index in [1.54, 1.807) is 6.20 Å². The van der Waals surface area contributed by atoms with E-state index in [-0.39, 0.29) is 12.8 Å². The molecule has 1 fully saturated rings. The molecule has 1 aromatic heterocycles. The number of amides is 2. The van der Waals surface area contributed by atoms with Crippen molar-refractivity contribution in [2.75, 3.05) is 14.2 Å². The van der Waals surface area contributed by atoms with Crippen LogP contribution >= 0.6 is 7.60 Å². The third kappa shape index (κ3) is 8.86. The van der Waals surface area contributed by atoms with Crippen molar-refractivity contribution in [2.24, 2.45) is 5.92 Å². The van der Waals surface area contributed by atoms with Crippen molar-refractivity contribution < 1.29 is 28.3 Å². The molecule has 0 unspecified atom stereocenters. The number of carbonyl (C=O) groups excluding carboxylic acids is 2. The molecule has 1 aliphatic rings. The number of hydrogen-bond donors (Lipinski definition) is 4. The number of aryl methyl sites for hydroxylation is 1. The Hall–Kier alpha value is -2.36. The molecule has 11 heteroatoms. The minimum atomic E-state index is -3.85. The van der Waals surface area contributed by atoms with Gasteiger partial charge in [-0.15, -0.1) is 0 Å². The molecule has 3 rings (SSSR count). The van der Waals surface area contributed by atoms with Crippen molar-refractivity contribution in [3.05, 3.63) is 54.1 Å². The maximum absolute atomic E-state index is 13.3. The van der Waals surface area contributed by atoms with Gasteiger partial charge in [0.15, 0.2) is 5.85 Å². The molecule has 0 saturated heterocycles. The number of carbonyl (C=O) groups is 2. The van der Waals surface area contributed by atoms with E-state index in [4.69, 9.17) is 9.05 Å². The summed E-state index contributed by atoms with van der Waals surface area (Å²) in [5.74, 6) is -2.13. The first kappa shape index (κ1) is 29.2. The zero-order valence-corrected chi connectivity index (χ0v) is 22.5. The number of nitrogens with zero attached hydrogens (tertiary/aromatic N) is 1. The van der Waals surface area contributed by atoms with Gasteiger partial charge in [-0.1, -0.05) is 62.4 Å². The first-order valence-electron chi connectivity index (χ1n) is 12.8. The van der Waals surface area contributed by atoms with Gasteiger partial charge in [-0.2, -0.15) is 0 Å². The molecule has 4 N–H and O–H groups in total. The standard InChI is InChI=1S/C26H39N4O6P/c1-35-37(34,36-2)26(33)23(15-20-11-7-4-8-12-20)29-22(16-21-17-27-18-28-21)25(32)30-24(31)14-13-19-9-5-3-6-10-19/h3,5-6,9-10,17-18,20,22-23,26,29,33H,4,7-8,11-16H2,1-2H3,(H,27,28)(H,30,31,32)/t22-,23-,26+/m0/s1. The van der Waals surface area contributed by atoms with Crippen molar-refractivity contribution in [1.29, 1.82) is 0 Å². The van der Waals surface area contributed by atoms with Crippen LogP contribution in [0.2, 0.25) is 0 Å². The number of aromatic nitrogens is 2. The topological polar surface area (TPSA) is 143 Å². The van der Waals surface area contributed by atoms with Gasteiger partial charge in [-0.3, -0.25) is 24.8 Å². The van der Waals surface area contributed by atoms with Crippen LogP contribution < -0.4 is 10.6 Å². The van der Waals surface area contributed by atoms with E-state index in [1.165, 1.54) is 27.0 Å². The molecule has 0 aliphatic heterocycles. The summed E-state index contributed by atoms with van der Waals surface area (Å²) in [6.07, 6.45) is 9.82. The van der Waals surface area contributed by atoms with Gasteiger partial charge >= 0.3 is 7.60 Å². The highest BCUT2D eigenvalue weighted by Crippen LogP contribution is 2.52. The number of aromatic amines is 1. The molecule has 37 heavy (non-hydrogen) atoms. The van der Waals surface area contributed by atoms with Crippen molar-refractivity contribution in [3.8, 4) is 0 Å². The molecule has 3 atom stereocenters. The Morgan fingerprint density at radius 1 is 1.16 bits per heavy atom. The van der Waals surface area contributed by atoms with Gasteiger partial charge in [0.05, 0.1) is 18.1 Å². The second-order valence-corrected chi connectivity index (χ2v) is 11.9. The highest BCUT2D eigenvalue weighted by molar-refractivity contribution is 7.54. The molecule has 1 heterocycles. The number of imidazole rings is 1. The van der Waals surface area contributed by atoms with Crippen LogP contribution in [0.25, 0.3) is 0 Å². The molecule has 10 nitrogen and oxygen atoms in total. The van der Waals surface area contributed by atoms with E-state index < -0.39 is 37.3 Å². The first-order chi connectivity index (χ1) is 17.8. The van der Waals surface area contributed by atoms with Gasteiger partial charge in [0.2, 0.25) is 11.8 Å². The van der Waals surface area contributed by atoms with Crippen LogP contribution in [0.1, 0.15) is 56.2 Å². The third-order valence-electron chi connectivity index (χ3n) is 6.95. The number of H-pyrrole nitrogens is 1. The molecular weight excluding hydrogens is 495 g/mol. The summed E-state index contributed by atoms with van der Waals surface area (Å²) in [5.41, 5.74) is 1.61. The number of aliphatic hydroxyl groups is 1. The average Bonchev–Trinajstić information content (AvgIpc) is 3.44. The molecule has 1 saturated carbocycles. The van der Waals surface area contributed by atoms with Crippen LogP contribution in [0, 0.1) is 5.92 Å². The fraction of sp³-hybridized carbons (Fsp3) is 0.577. The van der Waals surface area contributed by atoms with E-state index >= 15 is 0 Å². The predicted octanol–water partition coefficient (Wildman–Crippen LogP) is 3.33. The highest BCUT2D eigenvalue weighted by atomic mass is 31.2. The zero-order chi connectivity index (χ0) is 26.7. The van der Waals surface area contributed by atoms with Gasteiger partial charge in [-0.25, -0.2) is 4.98 Å². The second-order valence-electron chi connectivity index (χ2n) is 9.55. The second kappa shape index (κ2) is 14.5. The van der Waals surface area contributed by atoms with Crippen LogP contribution in [0.5, 0.6) is 0 Å². The van der Waals surface area contributed by atoms with Gasteiger partial charge in [0.1, 0.15) is 0 Å². The number of benzene rings is 1. The largest absolute Gasteiger partial charge is 0.379 e. The maximum Gasteiger partial charge on any atom is 0.359 e. The summed E-state index contributed by atoms with van der Waals surface area (Å²) in [6, 6.07) is 7.90. The van der Waals surface area contributed by atoms with E-state index in [2.05, 4.69) is 20.6 Å². The van der Waals surface area contributed by atoms with Gasteiger partial charge in [0.25, 0.3) is 0 Å². The van der Waals surface area contributed by atoms with E-state index in [9.17, 15) is 19.3 Å². The van der Waals surface area contributed by atoms with Crippen LogP contribution in [0.3, 0.4) is 0 Å². The van der Waals surface area contributed by atoms with Crippen molar-refractivity contribution in [1.82, 2.24) is 20.6 Å². The third-order valence-corrected chi connectivity index (χ3v) is 8.98. The number of nitrogens with one attached hydrogen (secondary N) is 3. The molecule has 204 valence electrons. The van der Waals surface area contributed by atoms with Crippen molar-refractivity contribution in [2.45, 2.75) is 75.7 Å². The zero-order valence-electron chi connectivity index (χ0n) is 21.6. The van der Waals surface area contributed by atoms with Gasteiger partial charge in [0, 0.05) is 39.3 Å². The Bertz CT molecular complexity index is 1010. The number of imide groups is 1. The summed E-state index contributed by atoms with van der Waals surface area (Å²) in [5, 5.41) is 16.8. The van der Waals surface area contributed by atoms with Crippen molar-refractivity contribution in [3.63, 3.8) is 0 Å². The predicted molar refractivity (Wildman–Crippen MR) is 140 cm³/mol. The quantitative estimate of drug-likeness (QED) is 0.270. The highest BCUT2D eigenvalue weighted by Gasteiger charge is 2.41. The number of rotatable bonds is 14. The summed E-state index contributed by atoms with van der Waals surface area (Å²) < 4.78 is 23.2. The van der Waals surface area contributed by atoms with Crippen LogP contribution in [0.15, 0.2) is 42.9 Å². The van der Waals surface area contributed by atoms with Crippen LogP contribution in [-0.2, 0) is 36.0 Å². The van der Waals surface area contributed by atoms with E-state index in [0.29, 0.717) is 24.5 Å². The Morgan fingerprint density at radius 3 is 2.49 bits per heavy atom. The summed E-state index contributed by atoms with van der Waals surface area (Å²) in [6.45, 7) is 0. The Morgan fingerprint density at radius 2 is 1.86 bits per heavy atom. The summed E-state index contributed by atoms with van der Waals surface area (Å²) >= 11 is 0. The summed E-state index contributed by atoms with van der Waals surface area (Å²) in [7, 11) is -1.40. The SMILES string of the molecule is COP(=O)(OC)[C@@H](O)[C@H](CC1CCCCC1)N[C@@H](Cc1c[nH]cn1)C(=O)NC(=O)CCc1ccccc1. The Balaban J connectivity index is 1.75. The molecule has 2 amide bonds. The van der Waals surface area contributed by atoms with Crippen LogP contribution in [0.4, 0.5) is 0 Å². The normalized spacial score (nSPS) is 17.2. The molecule has 0 radical (unpaired) electrons. The minimum Gasteiger partial charge on any atom is -0.379 e. The summed E-state index contributed by atoms with van der Waals surface area (Å²) in [4.78, 5) is 33.0. The van der Waals surface area contributed by atoms with Gasteiger partial charge in [-0.05, 0) is 24.3 Å². The number of hydrogen-bond acceptors (Lipinski definition) is 8. The fourth-order valence-corrected chi connectivity index (χ4v) is 6.09. The van der Waals surface area contributed by atoms with Gasteiger partial charge < -0.3 is 19.1 Å². The lowest BCUT2D eigenvalue weighted by Crippen LogP contribution is -2.54. The fourth-order valence-electron chi connectivity index (χ4n) is 4.86. The maximum atomic E-state index is 13.3. The number of aliphatic hydroxyl groups excluding tert-OH is 1. The Labute approximate surface area is 218 Å². The Kier molecular flexibility index (Phi) is 11.5. The van der Waals surface area contributed by atoms with E-state index in [0.717, 1.165) is 31.2 Å². The lowest BCUT2D eigenvalue weighted by Gasteiger charge is -2.34. The van der Waals surface area contributed by atoms with Crippen LogP contribution in [-0.4, -0.2) is 59.0 Å². The molecule has 1 aliphatic carbocycles. The molecular formula is C26H39N4O6P.